The van der Waals surface area contributed by atoms with Crippen LogP contribution in [0.1, 0.15) is 77.6 Å². The van der Waals surface area contributed by atoms with Crippen LogP contribution >= 0.6 is 0 Å². The second kappa shape index (κ2) is 18.9. The first-order chi connectivity index (χ1) is 10.1. The summed E-state index contributed by atoms with van der Waals surface area (Å²) in [5.41, 5.74) is 5.37. The maximum Gasteiger partial charge on any atom is 0.342 e. The monoisotopic (exact) mass is 305 g/mol. The van der Waals surface area contributed by atoms with Crippen LogP contribution in [0.15, 0.2) is 0 Å². The van der Waals surface area contributed by atoms with Crippen LogP contribution in [-0.2, 0) is 14.5 Å². The maximum absolute atomic E-state index is 10.2. The van der Waals surface area contributed by atoms with Gasteiger partial charge in [-0.3, -0.25) is 4.79 Å². The molecule has 0 aliphatic rings. The number of carbonyl (C=O) groups excluding carboxylic acids is 1. The van der Waals surface area contributed by atoms with E-state index in [-0.39, 0.29) is 12.8 Å². The zero-order valence-electron chi connectivity index (χ0n) is 13.2. The van der Waals surface area contributed by atoms with Gasteiger partial charge < -0.3 is 15.7 Å². The third kappa shape index (κ3) is 24.3. The summed E-state index contributed by atoms with van der Waals surface area (Å²) in [5, 5.41) is 15.9. The number of nitrogens with two attached hydrogens (primary N) is 1. The predicted octanol–water partition coefficient (Wildman–Crippen LogP) is 3.34. The topological polar surface area (TPSA) is 110 Å². The molecule has 0 spiro atoms. The van der Waals surface area contributed by atoms with Gasteiger partial charge in [0.2, 0.25) is 0 Å². The molecule has 6 nitrogen and oxygen atoms in total. The molecule has 21 heavy (non-hydrogen) atoms. The lowest BCUT2D eigenvalue weighted by Crippen LogP contribution is -2.01. The van der Waals surface area contributed by atoms with Crippen molar-refractivity contribution in [3.8, 4) is 0 Å². The second-order valence-electron chi connectivity index (χ2n) is 4.97. The van der Waals surface area contributed by atoms with Crippen LogP contribution in [-0.4, -0.2) is 28.8 Å². The van der Waals surface area contributed by atoms with Crippen LogP contribution in [0, 0.1) is 0 Å². The summed E-state index contributed by atoms with van der Waals surface area (Å²) in [5.74, 6) is -1.61. The Hall–Kier alpha value is -1.14. The predicted molar refractivity (Wildman–Crippen MR) is 81.9 cm³/mol. The van der Waals surface area contributed by atoms with Crippen molar-refractivity contribution in [3.63, 3.8) is 0 Å². The van der Waals surface area contributed by atoms with E-state index < -0.39 is 11.9 Å². The van der Waals surface area contributed by atoms with Crippen molar-refractivity contribution < 1.29 is 24.8 Å². The molecule has 0 aliphatic heterocycles. The number of unbranched alkanes of at least 4 members (excludes halogenated alkanes) is 7. The molecule has 0 saturated heterocycles. The number of aliphatic carboxylic acids is 1. The van der Waals surface area contributed by atoms with E-state index in [9.17, 15) is 9.59 Å². The average Bonchev–Trinajstić information content (AvgIpc) is 2.47. The van der Waals surface area contributed by atoms with Crippen LogP contribution in [0.2, 0.25) is 0 Å². The SMILES string of the molecule is CCCCCCCCCN.O=C(O)CCCCC(=O)OO. The van der Waals surface area contributed by atoms with Gasteiger partial charge in [0.1, 0.15) is 0 Å². The van der Waals surface area contributed by atoms with Gasteiger partial charge in [-0.2, -0.15) is 5.26 Å². The van der Waals surface area contributed by atoms with Crippen LogP contribution < -0.4 is 5.73 Å². The van der Waals surface area contributed by atoms with Crippen LogP contribution in [0.3, 0.4) is 0 Å². The summed E-state index contributed by atoms with van der Waals surface area (Å²) in [4.78, 5) is 23.6. The van der Waals surface area contributed by atoms with Gasteiger partial charge in [-0.1, -0.05) is 45.4 Å². The number of carboxylic acids is 1. The summed E-state index contributed by atoms with van der Waals surface area (Å²) in [6, 6.07) is 0. The van der Waals surface area contributed by atoms with Gasteiger partial charge in [0.15, 0.2) is 0 Å². The smallest absolute Gasteiger partial charge is 0.342 e. The van der Waals surface area contributed by atoms with Crippen molar-refractivity contribution >= 4 is 11.9 Å². The van der Waals surface area contributed by atoms with E-state index >= 15 is 0 Å². The van der Waals surface area contributed by atoms with Crippen molar-refractivity contribution in [2.24, 2.45) is 5.73 Å². The van der Waals surface area contributed by atoms with Gasteiger partial charge in [-0.25, -0.2) is 4.79 Å². The van der Waals surface area contributed by atoms with E-state index in [0.29, 0.717) is 12.8 Å². The van der Waals surface area contributed by atoms with Gasteiger partial charge in [0.25, 0.3) is 0 Å². The minimum Gasteiger partial charge on any atom is -0.481 e. The van der Waals surface area contributed by atoms with Crippen LogP contribution in [0.5, 0.6) is 0 Å². The Morgan fingerprint density at radius 2 is 1.43 bits per heavy atom. The molecule has 0 atom stereocenters. The highest BCUT2D eigenvalue weighted by atomic mass is 17.1. The van der Waals surface area contributed by atoms with E-state index in [2.05, 4.69) is 11.8 Å². The highest BCUT2D eigenvalue weighted by Crippen LogP contribution is 2.05. The van der Waals surface area contributed by atoms with E-state index in [0.717, 1.165) is 6.54 Å². The molecule has 0 aromatic rings. The van der Waals surface area contributed by atoms with E-state index in [1.165, 1.54) is 44.9 Å². The Bertz CT molecular complexity index is 238. The second-order valence-corrected chi connectivity index (χ2v) is 4.97. The molecule has 0 unspecified atom stereocenters. The molecule has 0 aliphatic carbocycles. The van der Waals surface area contributed by atoms with Crippen molar-refractivity contribution in [1.29, 1.82) is 0 Å². The minimum absolute atomic E-state index is 0.0404. The molecule has 4 N–H and O–H groups in total. The summed E-state index contributed by atoms with van der Waals surface area (Å²) in [6.45, 7) is 3.12. The lowest BCUT2D eigenvalue weighted by Gasteiger charge is -1.97. The number of rotatable bonds is 12. The minimum atomic E-state index is -0.887. The van der Waals surface area contributed by atoms with Crippen molar-refractivity contribution in [2.45, 2.75) is 77.6 Å². The Morgan fingerprint density at radius 1 is 0.905 bits per heavy atom. The van der Waals surface area contributed by atoms with Crippen molar-refractivity contribution in [1.82, 2.24) is 0 Å². The number of hydrogen-bond acceptors (Lipinski definition) is 5. The van der Waals surface area contributed by atoms with Crippen molar-refractivity contribution in [3.05, 3.63) is 0 Å². The fourth-order valence-corrected chi connectivity index (χ4v) is 1.69. The standard InChI is InChI=1S/C9H21N.C6H10O5/c1-2-3-4-5-6-7-8-9-10;7-5(8)3-1-2-4-6(9)11-10/h2-10H2,1H3;10H,1-4H2,(H,7,8). The lowest BCUT2D eigenvalue weighted by molar-refractivity contribution is -0.234. The zero-order valence-corrected chi connectivity index (χ0v) is 13.2. The first-order valence-corrected chi connectivity index (χ1v) is 7.84. The summed E-state index contributed by atoms with van der Waals surface area (Å²) < 4.78 is 0. The van der Waals surface area contributed by atoms with Crippen molar-refractivity contribution in [2.75, 3.05) is 6.54 Å². The molecule has 0 rings (SSSR count). The first-order valence-electron chi connectivity index (χ1n) is 7.84. The number of hydrogen-bond donors (Lipinski definition) is 3. The van der Waals surface area contributed by atoms with Gasteiger partial charge >= 0.3 is 11.9 Å². The molecule has 6 heteroatoms. The Morgan fingerprint density at radius 3 is 1.90 bits per heavy atom. The van der Waals surface area contributed by atoms with E-state index in [1.807, 2.05) is 0 Å². The number of carboxylic acid groups (broad SMARTS) is 1. The summed E-state index contributed by atoms with van der Waals surface area (Å²) in [6.07, 6.45) is 10.5. The maximum atomic E-state index is 10.2. The lowest BCUT2D eigenvalue weighted by atomic mass is 10.1. The highest BCUT2D eigenvalue weighted by molar-refractivity contribution is 5.69. The molecule has 126 valence electrons. The van der Waals surface area contributed by atoms with E-state index in [4.69, 9.17) is 16.1 Å². The molecular formula is C15H31NO5. The highest BCUT2D eigenvalue weighted by Gasteiger charge is 2.02. The summed E-state index contributed by atoms with van der Waals surface area (Å²) >= 11 is 0. The normalized spacial score (nSPS) is 9.67. The molecule has 0 fully saturated rings. The van der Waals surface area contributed by atoms with Crippen LogP contribution in [0.4, 0.5) is 0 Å². The van der Waals surface area contributed by atoms with Crippen LogP contribution in [0.25, 0.3) is 0 Å². The van der Waals surface area contributed by atoms with Gasteiger partial charge in [0, 0.05) is 12.8 Å². The fraction of sp³-hybridized carbons (Fsp3) is 0.867. The summed E-state index contributed by atoms with van der Waals surface area (Å²) in [7, 11) is 0. The average molecular weight is 305 g/mol. The van der Waals surface area contributed by atoms with Gasteiger partial charge in [-0.05, 0) is 25.8 Å². The Balaban J connectivity index is 0. The Kier molecular flexibility index (Phi) is 19.9. The molecule has 0 heterocycles. The molecular weight excluding hydrogens is 274 g/mol. The fourth-order valence-electron chi connectivity index (χ4n) is 1.69. The molecule has 0 aromatic carbocycles. The first kappa shape index (κ1) is 22.1. The zero-order chi connectivity index (χ0) is 16.3. The third-order valence-electron chi connectivity index (χ3n) is 2.93. The molecule has 0 radical (unpaired) electrons. The quantitative estimate of drug-likeness (QED) is 0.290. The Labute approximate surface area is 127 Å². The third-order valence-corrected chi connectivity index (χ3v) is 2.93. The molecule has 0 saturated carbocycles. The molecule has 0 amide bonds. The largest absolute Gasteiger partial charge is 0.481 e. The molecule has 0 aromatic heterocycles. The number of carbonyl (C=O) groups is 2. The van der Waals surface area contributed by atoms with E-state index in [1.54, 1.807) is 0 Å². The van der Waals surface area contributed by atoms with Gasteiger partial charge in [0.05, 0.1) is 0 Å². The van der Waals surface area contributed by atoms with Gasteiger partial charge in [-0.15, -0.1) is 0 Å². The molecule has 0 bridgehead atoms.